The van der Waals surface area contributed by atoms with Gasteiger partial charge in [0.05, 0.1) is 11.4 Å². The molecule has 0 radical (unpaired) electrons. The lowest BCUT2D eigenvalue weighted by molar-refractivity contribution is 0.952. The highest BCUT2D eigenvalue weighted by Crippen LogP contribution is 2.18. The molecule has 2 aromatic carbocycles. The van der Waals surface area contributed by atoms with Gasteiger partial charge in [-0.2, -0.15) is 0 Å². The molecule has 0 aliphatic rings. The molecule has 30 heavy (non-hydrogen) atoms. The Hall–Kier alpha value is -3.05. The summed E-state index contributed by atoms with van der Waals surface area (Å²) in [4.78, 5) is 13.4. The Morgan fingerprint density at radius 1 is 0.633 bits per heavy atom. The zero-order valence-electron chi connectivity index (χ0n) is 18.2. The molecule has 0 amide bonds. The van der Waals surface area contributed by atoms with Crippen LogP contribution in [0.5, 0.6) is 0 Å². The minimum absolute atomic E-state index is 0.766. The van der Waals surface area contributed by atoms with Crippen LogP contribution in [0.4, 0.5) is 11.4 Å². The molecule has 4 nitrogen and oxygen atoms in total. The smallest absolute Gasteiger partial charge is 0.188 e. The number of hydrogen-bond donors (Lipinski definition) is 0. The van der Waals surface area contributed by atoms with Crippen LogP contribution in [-0.2, 0) is 0 Å². The molecular formula is C25H28N4S. The van der Waals surface area contributed by atoms with Crippen LogP contribution >= 0.6 is 11.8 Å². The van der Waals surface area contributed by atoms with Gasteiger partial charge in [-0.15, -0.1) is 0 Å². The summed E-state index contributed by atoms with van der Waals surface area (Å²) < 4.78 is 0. The molecule has 0 bridgehead atoms. The first-order valence-corrected chi connectivity index (χ1v) is 11.0. The highest BCUT2D eigenvalue weighted by Gasteiger charge is 2.01. The van der Waals surface area contributed by atoms with Crippen molar-refractivity contribution in [2.75, 3.05) is 44.2 Å². The number of thioether (sulfide) groups is 1. The van der Waals surface area contributed by atoms with E-state index in [9.17, 15) is 0 Å². The van der Waals surface area contributed by atoms with E-state index in [1.54, 1.807) is 11.8 Å². The number of hydrogen-bond acceptors (Lipinski definition) is 5. The monoisotopic (exact) mass is 416 g/mol. The maximum absolute atomic E-state index is 4.62. The van der Waals surface area contributed by atoms with E-state index in [1.807, 2.05) is 52.7 Å². The van der Waals surface area contributed by atoms with Crippen molar-refractivity contribution in [3.05, 3.63) is 77.1 Å². The van der Waals surface area contributed by atoms with Gasteiger partial charge in [0.25, 0.3) is 0 Å². The molecule has 1 aromatic heterocycles. The second-order valence-corrected chi connectivity index (χ2v) is 8.12. The van der Waals surface area contributed by atoms with E-state index in [0.29, 0.717) is 0 Å². The van der Waals surface area contributed by atoms with Gasteiger partial charge in [0, 0.05) is 39.6 Å². The maximum atomic E-state index is 4.62. The Bertz CT molecular complexity index is 940. The van der Waals surface area contributed by atoms with Crippen LogP contribution in [0.2, 0.25) is 0 Å². The second-order valence-electron chi connectivity index (χ2n) is 7.34. The third-order valence-corrected chi connectivity index (χ3v) is 5.19. The van der Waals surface area contributed by atoms with Gasteiger partial charge in [-0.05, 0) is 59.9 Å². The van der Waals surface area contributed by atoms with Crippen molar-refractivity contribution >= 4 is 47.4 Å². The largest absolute Gasteiger partial charge is 0.378 e. The summed E-state index contributed by atoms with van der Waals surface area (Å²) in [7, 11) is 8.17. The number of benzene rings is 2. The normalized spacial score (nSPS) is 11.4. The molecule has 3 aromatic rings. The zero-order valence-corrected chi connectivity index (χ0v) is 19.0. The summed E-state index contributed by atoms with van der Waals surface area (Å²) in [6.07, 6.45) is 10.2. The average molecular weight is 417 g/mol. The van der Waals surface area contributed by atoms with E-state index in [0.717, 1.165) is 27.7 Å². The van der Waals surface area contributed by atoms with Gasteiger partial charge in [0.15, 0.2) is 5.16 Å². The molecule has 0 N–H and O–H groups in total. The van der Waals surface area contributed by atoms with Crippen LogP contribution in [0.25, 0.3) is 24.3 Å². The van der Waals surface area contributed by atoms with E-state index in [2.05, 4.69) is 80.5 Å². The highest BCUT2D eigenvalue weighted by atomic mass is 32.2. The lowest BCUT2D eigenvalue weighted by atomic mass is 10.1. The minimum Gasteiger partial charge on any atom is -0.378 e. The number of rotatable bonds is 7. The molecular weight excluding hydrogens is 388 g/mol. The van der Waals surface area contributed by atoms with Crippen molar-refractivity contribution < 1.29 is 0 Å². The predicted octanol–water partition coefficient (Wildman–Crippen LogP) is 5.67. The lowest BCUT2D eigenvalue weighted by Crippen LogP contribution is -2.07. The quantitative estimate of drug-likeness (QED) is 0.366. The van der Waals surface area contributed by atoms with Crippen molar-refractivity contribution in [2.24, 2.45) is 0 Å². The zero-order chi connectivity index (χ0) is 21.5. The molecule has 1 heterocycles. The van der Waals surface area contributed by atoms with Gasteiger partial charge >= 0.3 is 0 Å². The Morgan fingerprint density at radius 2 is 1.03 bits per heavy atom. The fraction of sp³-hybridized carbons (Fsp3) is 0.200. The van der Waals surface area contributed by atoms with Crippen LogP contribution in [0.1, 0.15) is 22.5 Å². The van der Waals surface area contributed by atoms with E-state index in [4.69, 9.17) is 0 Å². The van der Waals surface area contributed by atoms with Crippen molar-refractivity contribution in [2.45, 2.75) is 5.16 Å². The fourth-order valence-corrected chi connectivity index (χ4v) is 3.25. The maximum Gasteiger partial charge on any atom is 0.188 e. The van der Waals surface area contributed by atoms with Gasteiger partial charge < -0.3 is 9.80 Å². The summed E-state index contributed by atoms with van der Waals surface area (Å²) in [5, 5.41) is 0.766. The Labute approximate surface area is 184 Å². The van der Waals surface area contributed by atoms with Gasteiger partial charge in [-0.1, -0.05) is 48.2 Å². The van der Waals surface area contributed by atoms with Crippen molar-refractivity contribution in [1.29, 1.82) is 0 Å². The SMILES string of the molecule is CSc1nc(C=Cc2ccc(N(C)C)cc2)cc(C=Cc2ccc(N(C)C)cc2)n1. The number of anilines is 2. The van der Waals surface area contributed by atoms with E-state index in [1.165, 1.54) is 11.4 Å². The topological polar surface area (TPSA) is 32.3 Å². The third-order valence-electron chi connectivity index (χ3n) is 4.64. The predicted molar refractivity (Wildman–Crippen MR) is 133 cm³/mol. The highest BCUT2D eigenvalue weighted by molar-refractivity contribution is 7.98. The second kappa shape index (κ2) is 10.1. The van der Waals surface area contributed by atoms with Crippen LogP contribution in [0.3, 0.4) is 0 Å². The van der Waals surface area contributed by atoms with Crippen molar-refractivity contribution in [3.63, 3.8) is 0 Å². The minimum atomic E-state index is 0.766. The molecule has 0 atom stereocenters. The van der Waals surface area contributed by atoms with Crippen LogP contribution in [0.15, 0.2) is 59.8 Å². The molecule has 0 saturated heterocycles. The van der Waals surface area contributed by atoms with Crippen LogP contribution in [-0.4, -0.2) is 44.4 Å². The molecule has 0 unspecified atom stereocenters. The van der Waals surface area contributed by atoms with E-state index >= 15 is 0 Å². The van der Waals surface area contributed by atoms with E-state index < -0.39 is 0 Å². The van der Waals surface area contributed by atoms with Gasteiger partial charge in [-0.3, -0.25) is 0 Å². The Morgan fingerprint density at radius 3 is 1.37 bits per heavy atom. The molecule has 0 saturated carbocycles. The van der Waals surface area contributed by atoms with Gasteiger partial charge in [-0.25, -0.2) is 9.97 Å². The summed E-state index contributed by atoms with van der Waals surface area (Å²) in [6, 6.07) is 18.9. The number of aromatic nitrogens is 2. The summed E-state index contributed by atoms with van der Waals surface area (Å²) >= 11 is 1.55. The fourth-order valence-electron chi connectivity index (χ4n) is 2.85. The van der Waals surface area contributed by atoms with Gasteiger partial charge in [0.2, 0.25) is 0 Å². The molecule has 0 fully saturated rings. The first-order valence-electron chi connectivity index (χ1n) is 9.78. The standard InChI is InChI=1S/C25H28N4S/c1-28(2)23-14-8-19(9-15-23)6-12-21-18-22(27-25(26-21)30-5)13-7-20-10-16-24(17-11-20)29(3)4/h6-18H,1-5H3. The lowest BCUT2D eigenvalue weighted by Gasteiger charge is -2.11. The molecule has 0 aliphatic heterocycles. The number of nitrogens with zero attached hydrogens (tertiary/aromatic N) is 4. The molecule has 0 aliphatic carbocycles. The molecule has 0 spiro atoms. The molecule has 3 rings (SSSR count). The summed E-state index contributed by atoms with van der Waals surface area (Å²) in [5.74, 6) is 0. The summed E-state index contributed by atoms with van der Waals surface area (Å²) in [5.41, 5.74) is 6.45. The Balaban J connectivity index is 1.79. The molecule has 5 heteroatoms. The van der Waals surface area contributed by atoms with Gasteiger partial charge in [0.1, 0.15) is 0 Å². The van der Waals surface area contributed by atoms with Crippen LogP contribution < -0.4 is 9.80 Å². The van der Waals surface area contributed by atoms with E-state index in [-0.39, 0.29) is 0 Å². The van der Waals surface area contributed by atoms with Crippen molar-refractivity contribution in [1.82, 2.24) is 9.97 Å². The third kappa shape index (κ3) is 5.97. The summed E-state index contributed by atoms with van der Waals surface area (Å²) in [6.45, 7) is 0. The average Bonchev–Trinajstić information content (AvgIpc) is 2.76. The van der Waals surface area contributed by atoms with Crippen LogP contribution in [0, 0.1) is 0 Å². The van der Waals surface area contributed by atoms with Crippen molar-refractivity contribution in [3.8, 4) is 0 Å². The first kappa shape index (κ1) is 21.7. The first-order chi connectivity index (χ1) is 14.4. The molecule has 154 valence electrons. The Kier molecular flexibility index (Phi) is 7.31.